The number of rotatable bonds is 2. The molecule has 0 saturated carbocycles. The average Bonchev–Trinajstić information content (AvgIpc) is 3.40. The van der Waals surface area contributed by atoms with Gasteiger partial charge in [0.1, 0.15) is 28.8 Å². The van der Waals surface area contributed by atoms with Gasteiger partial charge in [-0.2, -0.15) is 39.5 Å². The molecule has 24 heteroatoms. The highest BCUT2D eigenvalue weighted by Gasteiger charge is 2.39. The highest BCUT2D eigenvalue weighted by Crippen LogP contribution is 2.42. The molecule has 5 heterocycles. The van der Waals surface area contributed by atoms with Gasteiger partial charge in [0, 0.05) is 35.3 Å². The van der Waals surface area contributed by atoms with Crippen molar-refractivity contribution in [1.82, 2.24) is 24.9 Å². The Hall–Kier alpha value is -6.49. The van der Waals surface area contributed by atoms with Crippen molar-refractivity contribution < 1.29 is 78.7 Å². The van der Waals surface area contributed by atoms with Gasteiger partial charge < -0.3 is 30.4 Å². The molecule has 4 aromatic rings. The monoisotopic (exact) mass is 769 g/mol. The maximum Gasteiger partial charge on any atom is 0.490 e. The van der Waals surface area contributed by atoms with Gasteiger partial charge in [0.25, 0.3) is 0 Å². The lowest BCUT2D eigenvalue weighted by molar-refractivity contribution is -0.193. The molecule has 4 aromatic heterocycles. The van der Waals surface area contributed by atoms with E-state index < -0.39 is 48.1 Å². The molecular weight excluding hydrogens is 745 g/mol. The van der Waals surface area contributed by atoms with Crippen LogP contribution in [0.5, 0.6) is 0 Å². The molecule has 0 bridgehead atoms. The first-order valence-corrected chi connectivity index (χ1v) is 13.8. The maximum atomic E-state index is 12.1. The van der Waals surface area contributed by atoms with E-state index in [9.17, 15) is 44.3 Å². The van der Waals surface area contributed by atoms with E-state index in [1.807, 2.05) is 24.3 Å². The van der Waals surface area contributed by atoms with Crippen molar-refractivity contribution in [3.63, 3.8) is 0 Å². The van der Waals surface area contributed by atoms with Gasteiger partial charge in [-0.05, 0) is 51.1 Å². The van der Waals surface area contributed by atoms with Crippen molar-refractivity contribution in [1.29, 1.82) is 0 Å². The van der Waals surface area contributed by atoms with Crippen LogP contribution >= 0.6 is 0 Å². The number of nitrogens with zero attached hydrogens (tertiary/aromatic N) is 4. The fraction of sp³-hybridized carbons (Fsp3) is 0.241. The lowest BCUT2D eigenvalue weighted by atomic mass is 10.1. The number of ether oxygens (including phenoxy) is 1. The number of nitrogens with one attached hydrogen (secondary N) is 3. The first-order chi connectivity index (χ1) is 24.2. The number of carbonyl (C=O) groups is 4. The number of anilines is 3. The summed E-state index contributed by atoms with van der Waals surface area (Å²) in [5.41, 5.74) is 4.46. The van der Waals surface area contributed by atoms with Crippen LogP contribution in [0.3, 0.4) is 0 Å². The van der Waals surface area contributed by atoms with E-state index in [0.29, 0.717) is 17.5 Å². The van der Waals surface area contributed by atoms with E-state index in [-0.39, 0.29) is 0 Å². The summed E-state index contributed by atoms with van der Waals surface area (Å²) >= 11 is 0. The number of hydrogen-bond donors (Lipinski definition) is 6. The number of carbonyl (C=O) groups excluding carboxylic acids is 1. The van der Waals surface area contributed by atoms with Gasteiger partial charge in [0.15, 0.2) is 0 Å². The molecule has 0 unspecified atom stereocenters. The molecule has 0 saturated heterocycles. The second-order valence-corrected chi connectivity index (χ2v) is 10.7. The van der Waals surface area contributed by atoms with E-state index in [1.165, 1.54) is 0 Å². The Balaban J connectivity index is 0.000000379. The number of imidazole rings is 1. The topological polar surface area (TPSA) is 230 Å². The van der Waals surface area contributed by atoms with Crippen LogP contribution in [0, 0.1) is 0 Å². The van der Waals surface area contributed by atoms with Crippen LogP contribution in [0.2, 0.25) is 0 Å². The fourth-order valence-corrected chi connectivity index (χ4v) is 3.49. The van der Waals surface area contributed by atoms with Crippen LogP contribution in [0.25, 0.3) is 33.9 Å². The number of alkyl halides is 9. The SMILES string of the molecule is CC(C)(C)OC(=O)Nc1cc(-c2nc3c([nH]2)-c2ccncc2Nc2ncccc2-3)ccn1.O=C(O)C(F)(F)F.O=C(O)C(F)(F)F.O=C(O)C(F)(F)F. The highest BCUT2D eigenvalue weighted by molar-refractivity contribution is 5.95. The van der Waals surface area contributed by atoms with Gasteiger partial charge in [-0.25, -0.2) is 34.1 Å². The summed E-state index contributed by atoms with van der Waals surface area (Å²) in [4.78, 5) is 60.0. The summed E-state index contributed by atoms with van der Waals surface area (Å²) in [5, 5.41) is 27.4. The highest BCUT2D eigenvalue weighted by atomic mass is 19.4. The van der Waals surface area contributed by atoms with Gasteiger partial charge in [0.05, 0.1) is 17.6 Å². The molecule has 0 fully saturated rings. The lowest BCUT2D eigenvalue weighted by Crippen LogP contribution is -2.27. The smallest absolute Gasteiger partial charge is 0.475 e. The number of carboxylic acid groups (broad SMARTS) is 3. The van der Waals surface area contributed by atoms with Crippen LogP contribution in [-0.4, -0.2) is 88.4 Å². The predicted molar refractivity (Wildman–Crippen MR) is 162 cm³/mol. The number of aromatic amines is 1. The Bertz CT molecular complexity index is 1820. The summed E-state index contributed by atoms with van der Waals surface area (Å²) in [7, 11) is 0. The Morgan fingerprint density at radius 2 is 1.30 bits per heavy atom. The van der Waals surface area contributed by atoms with Crippen molar-refractivity contribution in [2.24, 2.45) is 0 Å². The number of fused-ring (bicyclic) bond motifs is 5. The van der Waals surface area contributed by atoms with Gasteiger partial charge in [-0.1, -0.05) is 0 Å². The summed E-state index contributed by atoms with van der Waals surface area (Å²) in [6, 6.07) is 9.35. The van der Waals surface area contributed by atoms with Crippen LogP contribution in [0.15, 0.2) is 55.1 Å². The number of halogens is 9. The molecule has 0 atom stereocenters. The van der Waals surface area contributed by atoms with Crippen molar-refractivity contribution in [3.05, 3.63) is 55.1 Å². The second-order valence-electron chi connectivity index (χ2n) is 10.7. The lowest BCUT2D eigenvalue weighted by Gasteiger charge is -2.19. The van der Waals surface area contributed by atoms with Gasteiger partial charge in [0.2, 0.25) is 0 Å². The van der Waals surface area contributed by atoms with Crippen molar-refractivity contribution >= 4 is 41.3 Å². The van der Waals surface area contributed by atoms with Crippen LogP contribution < -0.4 is 10.6 Å². The molecule has 5 rings (SSSR count). The Morgan fingerprint density at radius 1 is 0.755 bits per heavy atom. The van der Waals surface area contributed by atoms with E-state index >= 15 is 0 Å². The molecule has 1 amide bonds. The molecule has 0 radical (unpaired) electrons. The molecule has 286 valence electrons. The largest absolute Gasteiger partial charge is 0.490 e. The van der Waals surface area contributed by atoms with E-state index in [2.05, 4.69) is 30.6 Å². The van der Waals surface area contributed by atoms with E-state index in [4.69, 9.17) is 39.4 Å². The standard InChI is InChI=1S/C23H21N7O2.3C2HF3O2/c1-23(2,3)32-22(31)28-17-11-13(6-10-25-17)20-29-18-14-7-9-24-12-16(14)27-21-15(19(18)30-20)5-4-8-26-21;3*3-2(4,5)1(6)7/h4-12H,1-3H3,(H,26,27)(H,29,30)(H,25,28,31);3*(H,6,7). The molecule has 0 spiro atoms. The minimum absolute atomic E-state index is 0.372. The van der Waals surface area contributed by atoms with Crippen molar-refractivity contribution in [2.45, 2.75) is 44.9 Å². The molecule has 0 aliphatic carbocycles. The number of H-pyrrole nitrogens is 1. The first kappa shape index (κ1) is 42.7. The van der Waals surface area contributed by atoms with Gasteiger partial charge >= 0.3 is 42.5 Å². The van der Waals surface area contributed by atoms with Crippen molar-refractivity contribution in [2.75, 3.05) is 10.6 Å². The molecule has 53 heavy (non-hydrogen) atoms. The van der Waals surface area contributed by atoms with E-state index in [1.54, 1.807) is 51.6 Å². The Labute approximate surface area is 289 Å². The zero-order valence-electron chi connectivity index (χ0n) is 26.8. The third-order valence-corrected chi connectivity index (χ3v) is 5.50. The van der Waals surface area contributed by atoms with Crippen LogP contribution in [0.4, 0.5) is 61.6 Å². The predicted octanol–water partition coefficient (Wildman–Crippen LogP) is 6.90. The second kappa shape index (κ2) is 16.7. The maximum absolute atomic E-state index is 12.1. The summed E-state index contributed by atoms with van der Waals surface area (Å²) in [6.45, 7) is 5.42. The first-order valence-electron chi connectivity index (χ1n) is 13.8. The van der Waals surface area contributed by atoms with Crippen LogP contribution in [-0.2, 0) is 19.1 Å². The quantitative estimate of drug-likeness (QED) is 0.101. The summed E-state index contributed by atoms with van der Waals surface area (Å²) < 4.78 is 101. The molecule has 1 aliphatic rings. The van der Waals surface area contributed by atoms with Gasteiger partial charge in [-0.3, -0.25) is 10.3 Å². The zero-order valence-corrected chi connectivity index (χ0v) is 26.8. The number of hydrogen-bond acceptors (Lipinski definition) is 10. The molecule has 15 nitrogen and oxygen atoms in total. The fourth-order valence-electron chi connectivity index (χ4n) is 3.49. The molecule has 6 N–H and O–H groups in total. The Morgan fingerprint density at radius 3 is 1.81 bits per heavy atom. The number of pyridine rings is 3. The number of aromatic nitrogens is 5. The minimum Gasteiger partial charge on any atom is -0.475 e. The third-order valence-electron chi connectivity index (χ3n) is 5.50. The molecule has 0 aromatic carbocycles. The van der Waals surface area contributed by atoms with Crippen LogP contribution in [0.1, 0.15) is 20.8 Å². The molecule has 1 aliphatic heterocycles. The summed E-state index contributed by atoms with van der Waals surface area (Å²) in [5.74, 6) is -6.55. The molecular formula is C29H24F9N7O8. The summed E-state index contributed by atoms with van der Waals surface area (Å²) in [6.07, 6.45) is -8.96. The zero-order chi connectivity index (χ0) is 40.5. The van der Waals surface area contributed by atoms with Gasteiger partial charge in [-0.15, -0.1) is 0 Å². The normalized spacial score (nSPS) is 11.7. The van der Waals surface area contributed by atoms with E-state index in [0.717, 1.165) is 33.8 Å². The number of carboxylic acids is 3. The Kier molecular flexibility index (Phi) is 13.4. The number of amides is 1. The minimum atomic E-state index is -5.08. The average molecular weight is 770 g/mol. The van der Waals surface area contributed by atoms with Crippen molar-refractivity contribution in [3.8, 4) is 33.9 Å². The number of aliphatic carboxylic acids is 3. The third kappa shape index (κ3) is 13.3.